The largest absolute Gasteiger partial charge is 0.359 e. The molecule has 2 aromatic rings. The average Bonchev–Trinajstić information content (AvgIpc) is 2.57. The van der Waals surface area contributed by atoms with Crippen molar-refractivity contribution in [1.82, 2.24) is 5.32 Å². The van der Waals surface area contributed by atoms with Crippen LogP contribution < -0.4 is 15.5 Å². The first kappa shape index (κ1) is 16.3. The second-order valence-corrected chi connectivity index (χ2v) is 6.01. The predicted molar refractivity (Wildman–Crippen MR) is 95.5 cm³/mol. The molecule has 0 aliphatic carbocycles. The molecule has 1 aliphatic heterocycles. The maximum atomic E-state index is 12.4. The highest BCUT2D eigenvalue weighted by Gasteiger charge is 2.19. The fourth-order valence-corrected chi connectivity index (χ4v) is 2.91. The van der Waals surface area contributed by atoms with E-state index in [1.807, 2.05) is 47.4 Å². The molecule has 1 heterocycles. The zero-order valence-electron chi connectivity index (χ0n) is 13.1. The number of halogens is 1. The lowest BCUT2D eigenvalue weighted by atomic mass is 10.1. The molecule has 2 amide bonds. The second kappa shape index (κ2) is 7.36. The van der Waals surface area contributed by atoms with Crippen LogP contribution in [0.2, 0.25) is 5.02 Å². The number of carbonyl (C=O) groups excluding carboxylic acids is 2. The molecule has 0 saturated carbocycles. The van der Waals surface area contributed by atoms with Crippen molar-refractivity contribution in [2.24, 2.45) is 0 Å². The van der Waals surface area contributed by atoms with E-state index in [0.29, 0.717) is 23.8 Å². The molecule has 3 rings (SSSR count). The molecule has 1 fully saturated rings. The molecule has 0 unspecified atom stereocenters. The van der Waals surface area contributed by atoms with E-state index < -0.39 is 0 Å². The summed E-state index contributed by atoms with van der Waals surface area (Å²) < 4.78 is 0. The van der Waals surface area contributed by atoms with Crippen molar-refractivity contribution in [1.29, 1.82) is 0 Å². The first-order valence-corrected chi connectivity index (χ1v) is 8.15. The van der Waals surface area contributed by atoms with Gasteiger partial charge in [0, 0.05) is 18.1 Å². The van der Waals surface area contributed by atoms with E-state index in [-0.39, 0.29) is 24.8 Å². The van der Waals surface area contributed by atoms with Crippen molar-refractivity contribution in [3.63, 3.8) is 0 Å². The fourth-order valence-electron chi connectivity index (χ4n) is 2.71. The normalized spacial score (nSPS) is 14.2. The van der Waals surface area contributed by atoms with E-state index in [0.717, 1.165) is 11.3 Å². The number of amides is 2. The van der Waals surface area contributed by atoms with Gasteiger partial charge in [-0.3, -0.25) is 9.59 Å². The van der Waals surface area contributed by atoms with Gasteiger partial charge in [-0.15, -0.1) is 0 Å². The van der Waals surface area contributed by atoms with Gasteiger partial charge in [0.25, 0.3) is 0 Å². The Hall–Kier alpha value is -2.53. The van der Waals surface area contributed by atoms with E-state index in [9.17, 15) is 9.59 Å². The summed E-state index contributed by atoms with van der Waals surface area (Å²) in [4.78, 5) is 25.9. The Morgan fingerprint density at radius 2 is 1.92 bits per heavy atom. The minimum Gasteiger partial charge on any atom is -0.359 e. The van der Waals surface area contributed by atoms with Gasteiger partial charge in [0.1, 0.15) is 0 Å². The Balaban J connectivity index is 1.74. The molecule has 0 atom stereocenters. The van der Waals surface area contributed by atoms with Crippen molar-refractivity contribution >= 4 is 34.8 Å². The standard InChI is InChI=1S/C18H18ClN3O2/c19-14-6-2-1-5-13(14)11-17(23)21-15-7-3-4-8-16(15)22-10-9-20-18(24)12-22/h1-8H,9-12H2,(H,20,24)(H,21,23). The Kier molecular flexibility index (Phi) is 5.01. The minimum atomic E-state index is -0.142. The number of nitrogens with one attached hydrogen (secondary N) is 2. The number of hydrogen-bond donors (Lipinski definition) is 2. The highest BCUT2D eigenvalue weighted by molar-refractivity contribution is 6.31. The summed E-state index contributed by atoms with van der Waals surface area (Å²) in [6, 6.07) is 14.8. The molecule has 1 saturated heterocycles. The van der Waals surface area contributed by atoms with E-state index in [4.69, 9.17) is 11.6 Å². The maximum absolute atomic E-state index is 12.4. The molecule has 0 bridgehead atoms. The molecule has 0 aromatic heterocycles. The summed E-state index contributed by atoms with van der Waals surface area (Å²) >= 11 is 6.11. The van der Waals surface area contributed by atoms with E-state index in [1.54, 1.807) is 6.07 Å². The van der Waals surface area contributed by atoms with Gasteiger partial charge in [-0.05, 0) is 23.8 Å². The first-order valence-electron chi connectivity index (χ1n) is 7.77. The van der Waals surface area contributed by atoms with Gasteiger partial charge < -0.3 is 15.5 Å². The Morgan fingerprint density at radius 1 is 1.17 bits per heavy atom. The summed E-state index contributed by atoms with van der Waals surface area (Å²) in [6.45, 7) is 1.60. The number of nitrogens with zero attached hydrogens (tertiary/aromatic N) is 1. The molecule has 6 heteroatoms. The van der Waals surface area contributed by atoms with Crippen LogP contribution in [0, 0.1) is 0 Å². The number of para-hydroxylation sites is 2. The van der Waals surface area contributed by atoms with Crippen LogP contribution in [0.25, 0.3) is 0 Å². The van der Waals surface area contributed by atoms with Gasteiger partial charge in [0.2, 0.25) is 11.8 Å². The van der Waals surface area contributed by atoms with Gasteiger partial charge >= 0.3 is 0 Å². The van der Waals surface area contributed by atoms with Gasteiger partial charge in [0.15, 0.2) is 0 Å². The van der Waals surface area contributed by atoms with E-state index >= 15 is 0 Å². The molecule has 2 N–H and O–H groups in total. The van der Waals surface area contributed by atoms with E-state index in [1.165, 1.54) is 0 Å². The zero-order valence-corrected chi connectivity index (χ0v) is 13.8. The quantitative estimate of drug-likeness (QED) is 0.896. The highest BCUT2D eigenvalue weighted by Crippen LogP contribution is 2.26. The van der Waals surface area contributed by atoms with Crippen molar-refractivity contribution in [3.8, 4) is 0 Å². The molecule has 124 valence electrons. The maximum Gasteiger partial charge on any atom is 0.239 e. The SMILES string of the molecule is O=C1CN(c2ccccc2NC(=O)Cc2ccccc2Cl)CCN1. The summed E-state index contributed by atoms with van der Waals surface area (Å²) in [5, 5.41) is 6.30. The number of benzene rings is 2. The van der Waals surface area contributed by atoms with Crippen LogP contribution in [0.5, 0.6) is 0 Å². The van der Waals surface area contributed by atoms with Crippen molar-refractivity contribution in [3.05, 3.63) is 59.1 Å². The van der Waals surface area contributed by atoms with Gasteiger partial charge in [-0.25, -0.2) is 0 Å². The number of anilines is 2. The van der Waals surface area contributed by atoms with Crippen molar-refractivity contribution in [2.75, 3.05) is 29.9 Å². The van der Waals surface area contributed by atoms with Crippen LogP contribution in [0.3, 0.4) is 0 Å². The molecule has 1 aliphatic rings. The average molecular weight is 344 g/mol. The van der Waals surface area contributed by atoms with Crippen LogP contribution in [0.15, 0.2) is 48.5 Å². The zero-order chi connectivity index (χ0) is 16.9. The van der Waals surface area contributed by atoms with Crippen LogP contribution in [-0.4, -0.2) is 31.4 Å². The Bertz CT molecular complexity index is 763. The van der Waals surface area contributed by atoms with Crippen molar-refractivity contribution in [2.45, 2.75) is 6.42 Å². The number of hydrogen-bond acceptors (Lipinski definition) is 3. The number of carbonyl (C=O) groups is 2. The number of rotatable bonds is 4. The first-order chi connectivity index (χ1) is 11.6. The van der Waals surface area contributed by atoms with Crippen LogP contribution in [0.4, 0.5) is 11.4 Å². The third-order valence-corrected chi connectivity index (χ3v) is 4.23. The topological polar surface area (TPSA) is 61.4 Å². The molecule has 2 aromatic carbocycles. The summed E-state index contributed by atoms with van der Waals surface area (Å²) in [6.07, 6.45) is 0.203. The molecule has 24 heavy (non-hydrogen) atoms. The molecular formula is C18H18ClN3O2. The molecule has 0 spiro atoms. The van der Waals surface area contributed by atoms with Gasteiger partial charge in [-0.1, -0.05) is 41.9 Å². The summed E-state index contributed by atoms with van der Waals surface area (Å²) in [7, 11) is 0. The van der Waals surface area contributed by atoms with Crippen LogP contribution in [0.1, 0.15) is 5.56 Å². The van der Waals surface area contributed by atoms with Crippen molar-refractivity contribution < 1.29 is 9.59 Å². The smallest absolute Gasteiger partial charge is 0.239 e. The van der Waals surface area contributed by atoms with Crippen LogP contribution in [-0.2, 0) is 16.0 Å². The summed E-state index contributed by atoms with van der Waals surface area (Å²) in [5.74, 6) is -0.157. The summed E-state index contributed by atoms with van der Waals surface area (Å²) in [5.41, 5.74) is 2.33. The lowest BCUT2D eigenvalue weighted by Crippen LogP contribution is -2.47. The Morgan fingerprint density at radius 3 is 2.71 bits per heavy atom. The second-order valence-electron chi connectivity index (χ2n) is 5.61. The Labute approximate surface area is 145 Å². The molecule has 0 radical (unpaired) electrons. The highest BCUT2D eigenvalue weighted by atomic mass is 35.5. The fraction of sp³-hybridized carbons (Fsp3) is 0.222. The molecule has 5 nitrogen and oxygen atoms in total. The minimum absolute atomic E-state index is 0.0153. The third kappa shape index (κ3) is 3.86. The lowest BCUT2D eigenvalue weighted by molar-refractivity contribution is -0.120. The van der Waals surface area contributed by atoms with E-state index in [2.05, 4.69) is 10.6 Å². The van der Waals surface area contributed by atoms with Gasteiger partial charge in [0.05, 0.1) is 24.3 Å². The monoisotopic (exact) mass is 343 g/mol. The number of piperazine rings is 1. The van der Waals surface area contributed by atoms with Crippen LogP contribution >= 0.6 is 11.6 Å². The molecular weight excluding hydrogens is 326 g/mol. The lowest BCUT2D eigenvalue weighted by Gasteiger charge is -2.30. The predicted octanol–water partition coefficient (Wildman–Crippen LogP) is 2.46. The van der Waals surface area contributed by atoms with Gasteiger partial charge in [-0.2, -0.15) is 0 Å². The third-order valence-electron chi connectivity index (χ3n) is 3.87.